The first-order valence-corrected chi connectivity index (χ1v) is 13.7. The number of nitrogens with one attached hydrogen (secondary N) is 1. The highest BCUT2D eigenvalue weighted by Crippen LogP contribution is 2.31. The molecular formula is C27H29BrN4O4S. The number of likely N-dealkylation sites (tertiary alicyclic amines) is 1. The Morgan fingerprint density at radius 2 is 1.97 bits per heavy atom. The van der Waals surface area contributed by atoms with Crippen LogP contribution in [0.5, 0.6) is 5.75 Å². The van der Waals surface area contributed by atoms with Gasteiger partial charge in [-0.3, -0.25) is 14.4 Å². The summed E-state index contributed by atoms with van der Waals surface area (Å²) < 4.78 is 8.19. The summed E-state index contributed by atoms with van der Waals surface area (Å²) in [4.78, 5) is 42.1. The highest BCUT2D eigenvalue weighted by Gasteiger charge is 2.31. The van der Waals surface area contributed by atoms with Crippen molar-refractivity contribution in [1.82, 2.24) is 19.7 Å². The molecule has 5 rings (SSSR count). The van der Waals surface area contributed by atoms with Crippen molar-refractivity contribution in [1.29, 1.82) is 0 Å². The fraction of sp³-hybridized carbons (Fsp3) is 0.370. The van der Waals surface area contributed by atoms with Crippen molar-refractivity contribution >= 4 is 57.2 Å². The Balaban J connectivity index is 1.32. The fourth-order valence-corrected chi connectivity index (χ4v) is 5.69. The predicted molar refractivity (Wildman–Crippen MR) is 148 cm³/mol. The van der Waals surface area contributed by atoms with Crippen molar-refractivity contribution in [2.75, 3.05) is 32.5 Å². The third kappa shape index (κ3) is 5.22. The van der Waals surface area contributed by atoms with Crippen LogP contribution in [0, 0.1) is 0 Å². The Morgan fingerprint density at radius 1 is 1.16 bits per heavy atom. The van der Waals surface area contributed by atoms with Gasteiger partial charge in [0.15, 0.2) is 0 Å². The van der Waals surface area contributed by atoms with E-state index in [1.54, 1.807) is 18.2 Å². The van der Waals surface area contributed by atoms with Gasteiger partial charge in [-0.15, -0.1) is 0 Å². The van der Waals surface area contributed by atoms with Gasteiger partial charge in [-0.05, 0) is 42.0 Å². The molecule has 8 nitrogen and oxygen atoms in total. The molecule has 1 fully saturated rings. The number of carbonyl (C=O) groups is 3. The average Bonchev–Trinajstić information content (AvgIpc) is 3.21. The van der Waals surface area contributed by atoms with Gasteiger partial charge in [-0.1, -0.05) is 28.1 Å². The second-order valence-electron chi connectivity index (χ2n) is 9.44. The third-order valence-corrected chi connectivity index (χ3v) is 7.76. The molecular weight excluding hydrogens is 556 g/mol. The summed E-state index contributed by atoms with van der Waals surface area (Å²) in [6, 6.07) is 11.6. The Morgan fingerprint density at radius 3 is 2.73 bits per heavy atom. The number of ether oxygens (including phenoxy) is 1. The summed E-state index contributed by atoms with van der Waals surface area (Å²) in [5.41, 5.74) is 3.63. The van der Waals surface area contributed by atoms with Crippen molar-refractivity contribution < 1.29 is 19.1 Å². The van der Waals surface area contributed by atoms with E-state index in [-0.39, 0.29) is 30.3 Å². The van der Waals surface area contributed by atoms with Crippen LogP contribution in [0.3, 0.4) is 0 Å². The summed E-state index contributed by atoms with van der Waals surface area (Å²) in [5, 5.41) is 3.80. The van der Waals surface area contributed by atoms with E-state index < -0.39 is 0 Å². The van der Waals surface area contributed by atoms with Gasteiger partial charge in [0.1, 0.15) is 12.3 Å². The average molecular weight is 586 g/mol. The van der Waals surface area contributed by atoms with Gasteiger partial charge in [-0.2, -0.15) is 12.6 Å². The lowest BCUT2D eigenvalue weighted by atomic mass is 9.98. The molecule has 1 aromatic heterocycles. The van der Waals surface area contributed by atoms with Crippen LogP contribution in [-0.2, 0) is 29.1 Å². The fourth-order valence-electron chi connectivity index (χ4n) is 5.14. The smallest absolute Gasteiger partial charge is 0.256 e. The monoisotopic (exact) mass is 584 g/mol. The molecule has 2 aliphatic heterocycles. The number of halogens is 1. The lowest BCUT2D eigenvalue weighted by molar-refractivity contribution is -0.137. The van der Waals surface area contributed by atoms with Crippen LogP contribution in [0.1, 0.15) is 27.9 Å². The number of rotatable bonds is 7. The van der Waals surface area contributed by atoms with Crippen LogP contribution in [-0.4, -0.2) is 70.6 Å². The van der Waals surface area contributed by atoms with E-state index >= 15 is 0 Å². The van der Waals surface area contributed by atoms with Crippen LogP contribution in [0.15, 0.2) is 47.1 Å². The molecule has 0 radical (unpaired) electrons. The zero-order valence-electron chi connectivity index (χ0n) is 20.6. The maximum absolute atomic E-state index is 13.7. The van der Waals surface area contributed by atoms with Gasteiger partial charge < -0.3 is 24.4 Å². The molecule has 3 aromatic rings. The normalized spacial score (nSPS) is 15.3. The summed E-state index contributed by atoms with van der Waals surface area (Å²) in [5.74, 6) is 1.22. The molecule has 2 aromatic carbocycles. The van der Waals surface area contributed by atoms with Crippen LogP contribution < -0.4 is 10.1 Å². The van der Waals surface area contributed by atoms with E-state index in [9.17, 15) is 14.4 Å². The van der Waals surface area contributed by atoms with E-state index in [2.05, 4.69) is 33.9 Å². The van der Waals surface area contributed by atoms with Gasteiger partial charge in [0.25, 0.3) is 5.91 Å². The molecule has 3 heterocycles. The van der Waals surface area contributed by atoms with Crippen LogP contribution in [0.25, 0.3) is 10.9 Å². The lowest BCUT2D eigenvalue weighted by Gasteiger charge is -2.39. The first kappa shape index (κ1) is 25.7. The molecule has 1 N–H and O–H groups in total. The van der Waals surface area contributed by atoms with Crippen LogP contribution >= 0.6 is 28.6 Å². The van der Waals surface area contributed by atoms with Crippen LogP contribution in [0.2, 0.25) is 0 Å². The van der Waals surface area contributed by atoms with Crippen molar-refractivity contribution in [3.05, 3.63) is 63.8 Å². The third-order valence-electron chi connectivity index (χ3n) is 7.04. The van der Waals surface area contributed by atoms with Gasteiger partial charge >= 0.3 is 0 Å². The molecule has 0 bridgehead atoms. The van der Waals surface area contributed by atoms with E-state index in [4.69, 9.17) is 4.74 Å². The molecule has 2 aliphatic rings. The first-order chi connectivity index (χ1) is 17.9. The van der Waals surface area contributed by atoms with Gasteiger partial charge in [0.05, 0.1) is 18.7 Å². The molecule has 1 saturated heterocycles. The number of benzene rings is 2. The number of fused-ring (bicyclic) bond motifs is 2. The van der Waals surface area contributed by atoms with Gasteiger partial charge in [0.2, 0.25) is 11.8 Å². The minimum absolute atomic E-state index is 0.0566. The minimum Gasteiger partial charge on any atom is -0.496 e. The largest absolute Gasteiger partial charge is 0.496 e. The SMILES string of the molecule is COc1cccc2c1CCN(C(=O)c1cn(CC(=O)NC3CN(C(=O)CCS)C3)c3ccc(Br)cc13)C2. The lowest BCUT2D eigenvalue weighted by Crippen LogP contribution is -2.61. The zero-order valence-corrected chi connectivity index (χ0v) is 23.1. The number of methoxy groups -OCH3 is 1. The Labute approximate surface area is 229 Å². The molecule has 0 aliphatic carbocycles. The second-order valence-corrected chi connectivity index (χ2v) is 10.8. The van der Waals surface area contributed by atoms with Crippen molar-refractivity contribution in [3.63, 3.8) is 0 Å². The summed E-state index contributed by atoms with van der Waals surface area (Å²) >= 11 is 7.63. The summed E-state index contributed by atoms with van der Waals surface area (Å²) in [7, 11) is 1.67. The van der Waals surface area contributed by atoms with E-state index in [1.165, 1.54) is 0 Å². The molecule has 194 valence electrons. The summed E-state index contributed by atoms with van der Waals surface area (Å²) in [6.45, 7) is 2.23. The molecule has 0 saturated carbocycles. The first-order valence-electron chi connectivity index (χ1n) is 12.3. The quantitative estimate of drug-likeness (QED) is 0.418. The second kappa shape index (κ2) is 10.8. The molecule has 0 unspecified atom stereocenters. The van der Waals surface area contributed by atoms with Crippen molar-refractivity contribution in [2.24, 2.45) is 0 Å². The number of hydrogen-bond acceptors (Lipinski definition) is 5. The Hall–Kier alpha value is -2.98. The van der Waals surface area contributed by atoms with E-state index in [0.29, 0.717) is 43.9 Å². The van der Waals surface area contributed by atoms with E-state index in [0.717, 1.165) is 38.7 Å². The number of hydrogen-bond donors (Lipinski definition) is 2. The van der Waals surface area contributed by atoms with Gasteiger partial charge in [0, 0.05) is 59.7 Å². The Kier molecular flexibility index (Phi) is 7.48. The zero-order chi connectivity index (χ0) is 26.1. The van der Waals surface area contributed by atoms with Crippen molar-refractivity contribution in [2.45, 2.75) is 32.0 Å². The van der Waals surface area contributed by atoms with Gasteiger partial charge in [-0.25, -0.2) is 0 Å². The maximum atomic E-state index is 13.7. The topological polar surface area (TPSA) is 83.9 Å². The molecule has 0 atom stereocenters. The molecule has 3 amide bonds. The maximum Gasteiger partial charge on any atom is 0.256 e. The standard InChI is InChI=1S/C27H29BrN4O4S/c1-36-24-4-2-3-17-12-30(9-7-20(17)24)27(35)22-15-31(23-6-5-18(28)11-21(22)23)16-25(33)29-19-13-32(14-19)26(34)8-10-37/h2-6,11,15,19,37H,7-10,12-14,16H2,1H3,(H,29,33). The molecule has 37 heavy (non-hydrogen) atoms. The number of thiol groups is 1. The predicted octanol–water partition coefficient (Wildman–Crippen LogP) is 3.26. The number of nitrogens with zero attached hydrogens (tertiary/aromatic N) is 3. The number of carbonyl (C=O) groups excluding carboxylic acids is 3. The molecule has 10 heteroatoms. The highest BCUT2D eigenvalue weighted by molar-refractivity contribution is 9.10. The minimum atomic E-state index is -0.149. The highest BCUT2D eigenvalue weighted by atomic mass is 79.9. The Bertz CT molecular complexity index is 1370. The van der Waals surface area contributed by atoms with E-state index in [1.807, 2.05) is 45.9 Å². The number of amides is 3. The van der Waals surface area contributed by atoms with Crippen molar-refractivity contribution in [3.8, 4) is 5.75 Å². The van der Waals surface area contributed by atoms with Crippen LogP contribution in [0.4, 0.5) is 0 Å². The molecule has 0 spiro atoms. The summed E-state index contributed by atoms with van der Waals surface area (Å²) in [6.07, 6.45) is 2.91. The number of aromatic nitrogens is 1.